The fraction of sp³-hybridized carbons (Fsp3) is 0.100. The molecule has 0 saturated carbocycles. The Hall–Kier alpha value is -0.480. The minimum Gasteiger partial charge on any atom is -0.398 e. The monoisotopic (exact) mass is 425 g/mol. The van der Waals surface area contributed by atoms with Crippen molar-refractivity contribution in [2.45, 2.75) is 11.4 Å². The third-order valence-electron chi connectivity index (χ3n) is 2.20. The number of sulfonamides is 1. The van der Waals surface area contributed by atoms with Gasteiger partial charge in [0.05, 0.1) is 12.2 Å². The largest absolute Gasteiger partial charge is 0.398 e. The molecule has 0 bridgehead atoms. The zero-order valence-electron chi connectivity index (χ0n) is 9.43. The molecular formula is C10H9Br2N3O2S2. The molecule has 3 N–H and O–H groups in total. The molecule has 0 saturated heterocycles. The molecule has 0 aliphatic heterocycles. The Morgan fingerprint density at radius 3 is 2.68 bits per heavy atom. The number of aromatic nitrogens is 1. The second-order valence-electron chi connectivity index (χ2n) is 3.56. The van der Waals surface area contributed by atoms with Gasteiger partial charge in [-0.3, -0.25) is 0 Å². The van der Waals surface area contributed by atoms with Gasteiger partial charge >= 0.3 is 0 Å². The maximum atomic E-state index is 12.2. The van der Waals surface area contributed by atoms with Crippen molar-refractivity contribution in [3.05, 3.63) is 37.7 Å². The van der Waals surface area contributed by atoms with Crippen molar-refractivity contribution in [1.29, 1.82) is 0 Å². The molecule has 0 atom stereocenters. The number of rotatable bonds is 4. The summed E-state index contributed by atoms with van der Waals surface area (Å²) in [4.78, 5) is 4.05. The lowest BCUT2D eigenvalue weighted by molar-refractivity contribution is 0.581. The summed E-state index contributed by atoms with van der Waals surface area (Å²) in [6.45, 7) is 0.141. The summed E-state index contributed by atoms with van der Waals surface area (Å²) in [7, 11) is -3.69. The van der Waals surface area contributed by atoms with Crippen molar-refractivity contribution in [1.82, 2.24) is 9.71 Å². The highest BCUT2D eigenvalue weighted by Crippen LogP contribution is 2.31. The number of nitrogens with two attached hydrogens (primary N) is 1. The minimum absolute atomic E-state index is 0.0345. The molecule has 2 aromatic rings. The van der Waals surface area contributed by atoms with Crippen LogP contribution >= 0.6 is 43.2 Å². The van der Waals surface area contributed by atoms with Crippen molar-refractivity contribution in [2.24, 2.45) is 0 Å². The Bertz CT molecular complexity index is 664. The number of halogens is 2. The fourth-order valence-corrected chi connectivity index (χ4v) is 5.13. The van der Waals surface area contributed by atoms with Crippen LogP contribution in [-0.2, 0) is 16.6 Å². The van der Waals surface area contributed by atoms with E-state index in [1.165, 1.54) is 11.3 Å². The Balaban J connectivity index is 2.29. The summed E-state index contributed by atoms with van der Waals surface area (Å²) >= 11 is 7.84. The molecule has 0 aliphatic carbocycles. The normalized spacial score (nSPS) is 11.7. The Kier molecular flexibility index (Phi) is 4.62. The van der Waals surface area contributed by atoms with Crippen molar-refractivity contribution in [3.8, 4) is 0 Å². The number of nitrogen functional groups attached to an aromatic ring is 1. The van der Waals surface area contributed by atoms with E-state index in [0.29, 0.717) is 14.0 Å². The SMILES string of the molecule is Nc1cc(Br)cc(Br)c1S(=O)(=O)NCc1nccs1. The van der Waals surface area contributed by atoms with Crippen LogP contribution in [0.2, 0.25) is 0 Å². The Morgan fingerprint density at radius 1 is 1.37 bits per heavy atom. The summed E-state index contributed by atoms with van der Waals surface area (Å²) in [6.07, 6.45) is 1.62. The summed E-state index contributed by atoms with van der Waals surface area (Å²) in [5.41, 5.74) is 5.94. The fourth-order valence-electron chi connectivity index (χ4n) is 1.43. The van der Waals surface area contributed by atoms with Gasteiger partial charge in [0.25, 0.3) is 0 Å². The highest BCUT2D eigenvalue weighted by molar-refractivity contribution is 9.11. The van der Waals surface area contributed by atoms with E-state index >= 15 is 0 Å². The first kappa shape index (κ1) is 14.9. The highest BCUT2D eigenvalue weighted by atomic mass is 79.9. The van der Waals surface area contributed by atoms with E-state index in [-0.39, 0.29) is 17.1 Å². The van der Waals surface area contributed by atoms with E-state index in [2.05, 4.69) is 41.6 Å². The smallest absolute Gasteiger partial charge is 0.244 e. The molecule has 1 aromatic heterocycles. The first-order valence-corrected chi connectivity index (χ1v) is 8.97. The number of hydrogen-bond donors (Lipinski definition) is 2. The first-order valence-electron chi connectivity index (χ1n) is 5.02. The zero-order valence-corrected chi connectivity index (χ0v) is 14.2. The van der Waals surface area contributed by atoms with E-state index in [9.17, 15) is 8.42 Å². The van der Waals surface area contributed by atoms with Gasteiger partial charge in [0.15, 0.2) is 0 Å². The Labute approximate surface area is 131 Å². The topological polar surface area (TPSA) is 85.1 Å². The summed E-state index contributed by atoms with van der Waals surface area (Å²) in [6, 6.07) is 3.18. The van der Waals surface area contributed by atoms with Crippen LogP contribution in [0.1, 0.15) is 5.01 Å². The predicted molar refractivity (Wildman–Crippen MR) is 82.4 cm³/mol. The lowest BCUT2D eigenvalue weighted by atomic mass is 10.3. The average molecular weight is 427 g/mol. The van der Waals surface area contributed by atoms with Gasteiger partial charge in [0.2, 0.25) is 10.0 Å². The maximum absolute atomic E-state index is 12.2. The molecule has 0 spiro atoms. The second kappa shape index (κ2) is 5.88. The number of benzene rings is 1. The van der Waals surface area contributed by atoms with Gasteiger partial charge in [-0.2, -0.15) is 0 Å². The van der Waals surface area contributed by atoms with Gasteiger partial charge in [0.1, 0.15) is 9.90 Å². The lowest BCUT2D eigenvalue weighted by Crippen LogP contribution is -2.24. The van der Waals surface area contributed by atoms with E-state index in [1.807, 2.05) is 0 Å². The molecule has 1 heterocycles. The van der Waals surface area contributed by atoms with Gasteiger partial charge in [-0.15, -0.1) is 11.3 Å². The number of nitrogens with zero attached hydrogens (tertiary/aromatic N) is 1. The zero-order chi connectivity index (χ0) is 14.0. The molecule has 0 unspecified atom stereocenters. The molecule has 0 radical (unpaired) electrons. The van der Waals surface area contributed by atoms with Crippen LogP contribution in [0.15, 0.2) is 37.6 Å². The molecule has 102 valence electrons. The van der Waals surface area contributed by atoms with Gasteiger partial charge in [-0.1, -0.05) is 15.9 Å². The van der Waals surface area contributed by atoms with Crippen molar-refractivity contribution in [3.63, 3.8) is 0 Å². The van der Waals surface area contributed by atoms with E-state index < -0.39 is 10.0 Å². The summed E-state index contributed by atoms with van der Waals surface area (Å²) in [5, 5.41) is 2.48. The molecule has 5 nitrogen and oxygen atoms in total. The summed E-state index contributed by atoms with van der Waals surface area (Å²) < 4.78 is 28.0. The van der Waals surface area contributed by atoms with E-state index in [1.54, 1.807) is 23.7 Å². The van der Waals surface area contributed by atoms with Gasteiger partial charge in [-0.25, -0.2) is 18.1 Å². The molecule has 19 heavy (non-hydrogen) atoms. The number of hydrogen-bond acceptors (Lipinski definition) is 5. The number of nitrogens with one attached hydrogen (secondary N) is 1. The quantitative estimate of drug-likeness (QED) is 0.736. The minimum atomic E-state index is -3.69. The predicted octanol–water partition coefficient (Wildman–Crippen LogP) is 2.73. The van der Waals surface area contributed by atoms with E-state index in [4.69, 9.17) is 5.73 Å². The first-order chi connectivity index (χ1) is 8.90. The van der Waals surface area contributed by atoms with Crippen molar-refractivity contribution >= 4 is 58.9 Å². The third kappa shape index (κ3) is 3.54. The van der Waals surface area contributed by atoms with Gasteiger partial charge in [0, 0.05) is 20.5 Å². The standard InChI is InChI=1S/C10H9Br2N3O2S2/c11-6-3-7(12)10(8(13)4-6)19(16,17)15-5-9-14-1-2-18-9/h1-4,15H,5,13H2. The highest BCUT2D eigenvalue weighted by Gasteiger charge is 2.21. The molecule has 1 aromatic carbocycles. The summed E-state index contributed by atoms with van der Waals surface area (Å²) in [5.74, 6) is 0. The van der Waals surface area contributed by atoms with Crippen molar-refractivity contribution < 1.29 is 8.42 Å². The van der Waals surface area contributed by atoms with Gasteiger partial charge < -0.3 is 5.73 Å². The second-order valence-corrected chi connectivity index (χ2v) is 8.01. The molecule has 9 heteroatoms. The van der Waals surface area contributed by atoms with Crippen LogP contribution < -0.4 is 10.5 Å². The molecule has 0 fully saturated rings. The average Bonchev–Trinajstić information content (AvgIpc) is 2.77. The van der Waals surface area contributed by atoms with Crippen LogP contribution in [0.5, 0.6) is 0 Å². The van der Waals surface area contributed by atoms with Crippen LogP contribution in [-0.4, -0.2) is 13.4 Å². The Morgan fingerprint density at radius 2 is 2.11 bits per heavy atom. The van der Waals surface area contributed by atoms with Crippen LogP contribution in [0.25, 0.3) is 0 Å². The van der Waals surface area contributed by atoms with E-state index in [0.717, 1.165) is 0 Å². The van der Waals surface area contributed by atoms with Crippen molar-refractivity contribution in [2.75, 3.05) is 5.73 Å². The third-order valence-corrected chi connectivity index (χ3v) is 5.85. The number of anilines is 1. The van der Waals surface area contributed by atoms with Crippen LogP contribution in [0, 0.1) is 0 Å². The lowest BCUT2D eigenvalue weighted by Gasteiger charge is -2.10. The van der Waals surface area contributed by atoms with Gasteiger partial charge in [-0.05, 0) is 28.1 Å². The molecule has 0 amide bonds. The molecular weight excluding hydrogens is 418 g/mol. The maximum Gasteiger partial charge on any atom is 0.244 e. The van der Waals surface area contributed by atoms with Crippen LogP contribution in [0.4, 0.5) is 5.69 Å². The number of thiazole rings is 1. The van der Waals surface area contributed by atoms with Crippen LogP contribution in [0.3, 0.4) is 0 Å². The molecule has 2 rings (SSSR count). The molecule has 0 aliphatic rings.